The van der Waals surface area contributed by atoms with Crippen LogP contribution in [-0.2, 0) is 96.3 Å². The molecule has 0 aliphatic carbocycles. The number of halogens is 1. The Morgan fingerprint density at radius 2 is 0.556 bits per heavy atom. The number of aliphatic hydroxyl groups excluding tert-OH is 1. The van der Waals surface area contributed by atoms with E-state index >= 15 is 0 Å². The Morgan fingerprint density at radius 1 is 0.317 bits per heavy atom. The van der Waals surface area contributed by atoms with E-state index in [4.69, 9.17) is 55.0 Å². The first-order chi connectivity index (χ1) is 68.0. The number of nitrogen functional groups attached to an aromatic ring is 1. The van der Waals surface area contributed by atoms with Crippen molar-refractivity contribution in [1.82, 2.24) is 41.2 Å². The van der Waals surface area contributed by atoms with Gasteiger partial charge in [-0.15, -0.1) is 0 Å². The number of anilines is 1. The number of aliphatic carboxylic acids is 4. The van der Waals surface area contributed by atoms with Gasteiger partial charge in [-0.05, 0) is 142 Å². The average molecular weight is 2000 g/mol. The lowest BCUT2D eigenvalue weighted by Gasteiger charge is -2.15. The number of carboxylic acid groups (broad SMARTS) is 4. The molecule has 36 heteroatoms. The van der Waals surface area contributed by atoms with Gasteiger partial charge >= 0.3 is 23.9 Å². The Kier molecular flexibility index (Phi) is 43.2. The summed E-state index contributed by atoms with van der Waals surface area (Å²) in [5.41, 5.74) is 38.0. The van der Waals surface area contributed by atoms with E-state index in [9.17, 15) is 83.1 Å². The van der Waals surface area contributed by atoms with Crippen molar-refractivity contribution in [2.45, 2.75) is 211 Å². The molecule has 0 aliphatic rings. The number of carbonyl (C=O) groups is 12. The predicted octanol–water partition coefficient (Wildman–Crippen LogP) is 14.2. The molecule has 0 radical (unpaired) electrons. The minimum absolute atomic E-state index is 0.0696. The van der Waals surface area contributed by atoms with Crippen molar-refractivity contribution in [2.75, 3.05) is 12.8 Å². The van der Waals surface area contributed by atoms with E-state index < -0.39 is 71.7 Å². The monoisotopic (exact) mass is 2000 g/mol. The topological polar surface area (TPSA) is 652 Å². The van der Waals surface area contributed by atoms with Crippen LogP contribution in [0.2, 0.25) is 0 Å². The van der Waals surface area contributed by atoms with Crippen LogP contribution < -0.4 is 54.7 Å². The number of rotatable bonds is 54. The second-order valence-corrected chi connectivity index (χ2v) is 35.6. The molecule has 0 saturated heterocycles. The van der Waals surface area contributed by atoms with Crippen LogP contribution in [0, 0.1) is 21.6 Å². The largest absolute Gasteiger partial charge is 0.494 e. The quantitative estimate of drug-likeness (QED) is 0.00956. The molecule has 0 aliphatic heterocycles. The third-order valence-corrected chi connectivity index (χ3v) is 24.4. The second-order valence-electron chi connectivity index (χ2n) is 34.8. The van der Waals surface area contributed by atoms with Crippen LogP contribution in [0.5, 0.6) is 5.75 Å². The van der Waals surface area contributed by atoms with Gasteiger partial charge in [0.2, 0.25) is 0 Å². The number of nitrogens with one attached hydrogen (secondary N) is 12. The molecule has 748 valence electrons. The second kappa shape index (κ2) is 55.8. The Hall–Kier alpha value is -15.7. The lowest BCUT2D eigenvalue weighted by Crippen LogP contribution is -2.42. The van der Waals surface area contributed by atoms with Gasteiger partial charge in [-0.2, -0.15) is 0 Å². The number of para-hydroxylation sites is 4. The summed E-state index contributed by atoms with van der Waals surface area (Å²) in [6.07, 6.45) is 15.5. The summed E-state index contributed by atoms with van der Waals surface area (Å²) in [4.78, 5) is 159. The summed E-state index contributed by atoms with van der Waals surface area (Å²) in [5.74, 6) is -5.31. The number of aliphatic hydroxyl groups is 1. The zero-order valence-corrected chi connectivity index (χ0v) is 80.7. The number of hydrogen-bond acceptors (Lipinski definition) is 19. The van der Waals surface area contributed by atoms with Crippen molar-refractivity contribution in [3.05, 3.63) is 271 Å². The van der Waals surface area contributed by atoms with Gasteiger partial charge in [0.25, 0.3) is 23.6 Å². The molecule has 35 nitrogen and oxygen atoms in total. The van der Waals surface area contributed by atoms with Gasteiger partial charge in [-0.3, -0.25) is 60.0 Å². The number of carbonyl (C=O) groups excluding carboxylic acids is 8. The van der Waals surface area contributed by atoms with Crippen molar-refractivity contribution in [3.63, 3.8) is 0 Å². The van der Waals surface area contributed by atoms with E-state index in [1.165, 1.54) is 7.11 Å². The molecule has 0 fully saturated rings. The lowest BCUT2D eigenvalue weighted by atomic mass is 10.00. The fourth-order valence-corrected chi connectivity index (χ4v) is 16.6. The smallest absolute Gasteiger partial charge is 0.326 e. The Labute approximate surface area is 828 Å². The molecule has 12 rings (SSSR count). The lowest BCUT2D eigenvalue weighted by molar-refractivity contribution is -0.140. The standard InChI is InChI=1S/2C27H32N4O5.C26H29BrN4O4.C26H31N5O4/c1-36-25-20-8-5-6-9-21(20)30-24(25)26(33)31-22(27(34)35)16-18-13-11-17(12-14-18)15-19(32)7-3-2-4-10-23(28)29;28-24(29)9-3-1-2-6-19(33)14-17-10-12-18(13-11-17)15-23(27(35)36)31-26(34)25-21(16-32)20-7-4-5-8-22(20)30-25;27-23-19-7-4-5-8-20(19)30-24(23)25(33)31-21(26(34)35)15-17-12-10-16(11-13-17)14-18(32)6-2-1-3-9-22(28)29;27-22(28)9-3-1-2-6-18(32)14-16-10-12-17(13-11-16)15-21(26(34)35)31-25(33)24-23(29)19-7-4-5-8-20(19)30-24/h5-6,8-9,11-14,22,30H,2-4,7,10,15-16H2,1H3,(H3,28,29)(H,31,33)(H,34,35);4-5,7-8,10-13,23,30,32H,1-3,6,9,14-16H2,(H3,28,29)(H,31,34)(H,35,36);4-5,7-8,10-13,21,30H,1-3,6,9,14-15H2,(H3,28,29)(H,31,33)(H,34,35);4-5,7-8,10-13,21,30H,1-3,6,9,14-15,29H2,(H3,27,28)(H,31,33)(H,34,35)/t22-;23-;2*21-/m0000/s1. The highest BCUT2D eigenvalue weighted by Gasteiger charge is 2.31. The maximum atomic E-state index is 12.9. The molecule has 4 atom stereocenters. The van der Waals surface area contributed by atoms with Crippen LogP contribution in [0.25, 0.3) is 43.6 Å². The summed E-state index contributed by atoms with van der Waals surface area (Å²) in [5, 5.41) is 90.5. The maximum Gasteiger partial charge on any atom is 0.326 e. The van der Waals surface area contributed by atoms with Gasteiger partial charge in [-0.1, -0.05) is 189 Å². The third kappa shape index (κ3) is 35.0. The van der Waals surface area contributed by atoms with Crippen molar-refractivity contribution in [2.24, 2.45) is 22.9 Å². The molecule has 0 unspecified atom stereocenters. The molecule has 0 spiro atoms. The molecule has 4 amide bonds. The molecule has 12 aromatic rings. The summed E-state index contributed by atoms with van der Waals surface area (Å²) in [6.45, 7) is -0.358. The maximum absolute atomic E-state index is 12.9. The van der Waals surface area contributed by atoms with Crippen LogP contribution in [0.1, 0.15) is 220 Å². The number of ether oxygens (including phenoxy) is 1. The number of H-pyrrole nitrogens is 4. The number of aromatic nitrogens is 4. The summed E-state index contributed by atoms with van der Waals surface area (Å²) < 4.78 is 5.98. The number of unbranched alkanes of at least 4 members (excludes halogenated alkanes) is 8. The van der Waals surface area contributed by atoms with Gasteiger partial charge < -0.3 is 100 Å². The summed E-state index contributed by atoms with van der Waals surface area (Å²) >= 11 is 3.42. The average Bonchev–Trinajstić information content (AvgIpc) is 1.67. The van der Waals surface area contributed by atoms with E-state index in [0.29, 0.717) is 126 Å². The molecule has 8 aromatic carbocycles. The van der Waals surface area contributed by atoms with E-state index in [1.54, 1.807) is 109 Å². The number of methoxy groups -OCH3 is 1. The third-order valence-electron chi connectivity index (χ3n) is 23.6. The molecule has 27 N–H and O–H groups in total. The number of benzene rings is 8. The molecule has 4 aromatic heterocycles. The van der Waals surface area contributed by atoms with Gasteiger partial charge in [0.05, 0.1) is 47.2 Å². The highest BCUT2D eigenvalue weighted by atomic mass is 79.9. The van der Waals surface area contributed by atoms with Gasteiger partial charge in [0.1, 0.15) is 70.1 Å². The van der Waals surface area contributed by atoms with Gasteiger partial charge in [-0.25, -0.2) is 19.2 Å². The van der Waals surface area contributed by atoms with Crippen molar-refractivity contribution >= 4 is 159 Å². The fourth-order valence-electron chi connectivity index (χ4n) is 16.0. The molecule has 0 bridgehead atoms. The van der Waals surface area contributed by atoms with Gasteiger partial charge in [0.15, 0.2) is 5.75 Å². The highest BCUT2D eigenvalue weighted by molar-refractivity contribution is 9.10. The number of aromatic amines is 4. The molecular weight excluding hydrogens is 1880 g/mol. The highest BCUT2D eigenvalue weighted by Crippen LogP contribution is 2.32. The summed E-state index contributed by atoms with van der Waals surface area (Å²) in [6, 6.07) is 53.1. The Bertz CT molecular complexity index is 6060. The van der Waals surface area contributed by atoms with E-state index in [2.05, 4.69) is 57.1 Å². The number of hydrogen-bond donors (Lipinski definition) is 22. The first kappa shape index (κ1) is 110. The van der Waals surface area contributed by atoms with Crippen LogP contribution in [-0.4, -0.2) is 171 Å². The number of ketones is 4. The van der Waals surface area contributed by atoms with Crippen LogP contribution >= 0.6 is 15.9 Å². The molecule has 4 heterocycles. The van der Waals surface area contributed by atoms with Crippen LogP contribution in [0.15, 0.2) is 199 Å². The van der Waals surface area contributed by atoms with Crippen molar-refractivity contribution in [1.29, 1.82) is 21.6 Å². The normalized spacial score (nSPS) is 11.8. The number of nitrogens with two attached hydrogens (primary N) is 5. The van der Waals surface area contributed by atoms with Crippen LogP contribution in [0.4, 0.5) is 5.69 Å². The number of carboxylic acids is 4. The van der Waals surface area contributed by atoms with Crippen molar-refractivity contribution in [3.8, 4) is 5.75 Å². The number of fused-ring (bicyclic) bond motifs is 4. The van der Waals surface area contributed by atoms with Crippen molar-refractivity contribution < 1.29 is 87.8 Å². The van der Waals surface area contributed by atoms with Crippen LogP contribution in [0.3, 0.4) is 0 Å². The SMILES string of the molecule is COc1c(C(=O)N[C@@H](Cc2ccc(CC(=O)CCCCCC(=N)N)cc2)C(=O)O)[nH]c2ccccc12.N=C(N)CCCCCC(=O)Cc1ccc(C[C@H](NC(=O)c2[nH]c3ccccc3c2Br)C(=O)O)cc1.N=C(N)CCCCCC(=O)Cc1ccc(C[C@H](NC(=O)c2[nH]c3ccccc3c2CO)C(=O)O)cc1.N=C(N)CCCCCC(=O)Cc1ccc(C[C@H](NC(=O)c2[nH]c3ccccc3c2N)C(=O)O)cc1. The van der Waals surface area contributed by atoms with Gasteiger partial charge in [0, 0.05) is 152 Å². The molecule has 142 heavy (non-hydrogen) atoms. The summed E-state index contributed by atoms with van der Waals surface area (Å²) in [7, 11) is 1.46. The number of amidine groups is 4. The minimum atomic E-state index is -1.17. The Morgan fingerprint density at radius 3 is 0.859 bits per heavy atom. The molecular formula is C106H124BrN17O18. The first-order valence-corrected chi connectivity index (χ1v) is 47.7. The van der Waals surface area contributed by atoms with E-state index in [1.807, 2.05) is 84.9 Å². The number of amides is 4. The zero-order chi connectivity index (χ0) is 103. The number of Topliss-reactive ketones (excluding diaryl/α,β-unsaturated/α-hetero) is 4. The molecule has 0 saturated carbocycles. The van der Waals surface area contributed by atoms with E-state index in [0.717, 1.165) is 132 Å². The Balaban J connectivity index is 0.000000211. The fraction of sp³-hybridized carbons (Fsp3) is 0.321. The van der Waals surface area contributed by atoms with E-state index in [-0.39, 0.29) is 107 Å². The minimum Gasteiger partial charge on any atom is -0.494 e. The first-order valence-electron chi connectivity index (χ1n) is 46.9. The predicted molar refractivity (Wildman–Crippen MR) is 549 cm³/mol. The zero-order valence-electron chi connectivity index (χ0n) is 79.1.